The topological polar surface area (TPSA) is 104 Å². The van der Waals surface area contributed by atoms with Crippen molar-refractivity contribution in [1.29, 1.82) is 0 Å². The molecule has 0 radical (unpaired) electrons. The second-order valence-corrected chi connectivity index (χ2v) is 9.31. The maximum absolute atomic E-state index is 12.9. The number of alkyl halides is 3. The summed E-state index contributed by atoms with van der Waals surface area (Å²) in [5.74, 6) is -1.18. The number of hydrogen-bond acceptors (Lipinski definition) is 5. The fourth-order valence-corrected chi connectivity index (χ4v) is 4.53. The summed E-state index contributed by atoms with van der Waals surface area (Å²) in [5.41, 5.74) is 4.10. The molecule has 12 heteroatoms. The van der Waals surface area contributed by atoms with Gasteiger partial charge in [0, 0.05) is 17.7 Å². The highest BCUT2D eigenvalue weighted by atomic mass is 32.2. The summed E-state index contributed by atoms with van der Waals surface area (Å²) in [4.78, 5) is 23.9. The van der Waals surface area contributed by atoms with Gasteiger partial charge in [0.1, 0.15) is 0 Å². The van der Waals surface area contributed by atoms with Gasteiger partial charge in [-0.2, -0.15) is 24.5 Å². The van der Waals surface area contributed by atoms with E-state index in [1.165, 1.54) is 35.6 Å². The van der Waals surface area contributed by atoms with E-state index in [1.807, 2.05) is 16.8 Å². The van der Waals surface area contributed by atoms with Crippen LogP contribution < -0.4 is 15.6 Å². The van der Waals surface area contributed by atoms with Crippen LogP contribution in [0.2, 0.25) is 0 Å². The summed E-state index contributed by atoms with van der Waals surface area (Å²) in [6.07, 6.45) is -3.99. The van der Waals surface area contributed by atoms with Crippen LogP contribution in [0.15, 0.2) is 70.3 Å². The zero-order valence-corrected chi connectivity index (χ0v) is 18.5. The van der Waals surface area contributed by atoms with Gasteiger partial charge in [0.2, 0.25) is 5.91 Å². The summed E-state index contributed by atoms with van der Waals surface area (Å²) >= 11 is 1.51. The molecule has 0 unspecified atom stereocenters. The third kappa shape index (κ3) is 6.80. The molecule has 174 valence electrons. The zero-order valence-electron chi connectivity index (χ0n) is 16.8. The van der Waals surface area contributed by atoms with Crippen molar-refractivity contribution < 1.29 is 31.2 Å². The predicted molar refractivity (Wildman–Crippen MR) is 117 cm³/mol. The third-order valence-electron chi connectivity index (χ3n) is 4.38. The standard InChI is InChI=1S/C21H18F3N3O4S2/c22-21(23,24)16-4-2-5-17(12-16)27-33(30,31)18-6-1-3-15(11-18)20(29)26-25-19(28)8-7-14-9-10-32-13-14/h1-6,9-13,27H,7-8H2,(H,25,28)(H,26,29). The van der Waals surface area contributed by atoms with Crippen molar-refractivity contribution >= 4 is 38.9 Å². The predicted octanol–water partition coefficient (Wildman–Crippen LogP) is 3.96. The molecule has 0 bridgehead atoms. The second-order valence-electron chi connectivity index (χ2n) is 6.85. The minimum atomic E-state index is -4.63. The molecule has 1 aromatic heterocycles. The number of hydrazine groups is 1. The minimum absolute atomic E-state index is 0.0694. The summed E-state index contributed by atoms with van der Waals surface area (Å²) in [7, 11) is -4.28. The smallest absolute Gasteiger partial charge is 0.280 e. The first-order valence-corrected chi connectivity index (χ1v) is 11.9. The molecule has 2 aromatic carbocycles. The van der Waals surface area contributed by atoms with E-state index in [-0.39, 0.29) is 22.6 Å². The molecule has 0 fully saturated rings. The zero-order chi connectivity index (χ0) is 24.1. The number of sulfonamides is 1. The van der Waals surface area contributed by atoms with Gasteiger partial charge in [-0.1, -0.05) is 12.1 Å². The maximum Gasteiger partial charge on any atom is 0.416 e. The average Bonchev–Trinajstić information content (AvgIpc) is 3.29. The molecule has 1 heterocycles. The van der Waals surface area contributed by atoms with Gasteiger partial charge in [0.05, 0.1) is 10.5 Å². The van der Waals surface area contributed by atoms with E-state index in [0.29, 0.717) is 12.5 Å². The van der Waals surface area contributed by atoms with E-state index >= 15 is 0 Å². The highest BCUT2D eigenvalue weighted by molar-refractivity contribution is 7.92. The first-order chi connectivity index (χ1) is 15.5. The van der Waals surface area contributed by atoms with E-state index < -0.39 is 33.6 Å². The van der Waals surface area contributed by atoms with E-state index in [4.69, 9.17) is 0 Å². The maximum atomic E-state index is 12.9. The Hall–Kier alpha value is -3.38. The van der Waals surface area contributed by atoms with Gasteiger partial charge in [-0.05, 0) is 65.2 Å². The van der Waals surface area contributed by atoms with Gasteiger partial charge in [-0.3, -0.25) is 25.2 Å². The monoisotopic (exact) mass is 497 g/mol. The number of thiophene rings is 1. The molecule has 0 saturated carbocycles. The number of halogens is 3. The van der Waals surface area contributed by atoms with Gasteiger partial charge < -0.3 is 0 Å². The van der Waals surface area contributed by atoms with Crippen LogP contribution in [0.5, 0.6) is 0 Å². The van der Waals surface area contributed by atoms with Gasteiger partial charge in [0.15, 0.2) is 0 Å². The van der Waals surface area contributed by atoms with Crippen molar-refractivity contribution in [3.8, 4) is 0 Å². The van der Waals surface area contributed by atoms with Crippen molar-refractivity contribution in [1.82, 2.24) is 10.9 Å². The van der Waals surface area contributed by atoms with Crippen LogP contribution >= 0.6 is 11.3 Å². The first kappa shape index (κ1) is 24.3. The number of rotatable bonds is 7. The minimum Gasteiger partial charge on any atom is -0.280 e. The first-order valence-electron chi connectivity index (χ1n) is 9.45. The van der Waals surface area contributed by atoms with Gasteiger partial charge >= 0.3 is 6.18 Å². The molecule has 0 spiro atoms. The summed E-state index contributed by atoms with van der Waals surface area (Å²) < 4.78 is 65.9. The number of nitrogens with one attached hydrogen (secondary N) is 3. The average molecular weight is 498 g/mol. The number of aryl methyl sites for hydroxylation is 1. The second kappa shape index (κ2) is 10.0. The lowest BCUT2D eigenvalue weighted by molar-refractivity contribution is -0.137. The number of amides is 2. The van der Waals surface area contributed by atoms with E-state index in [9.17, 15) is 31.2 Å². The molecule has 2 amide bonds. The van der Waals surface area contributed by atoms with Crippen molar-refractivity contribution in [3.05, 3.63) is 82.0 Å². The Morgan fingerprint density at radius 3 is 2.42 bits per heavy atom. The number of carbonyl (C=O) groups excluding carboxylic acids is 2. The molecule has 33 heavy (non-hydrogen) atoms. The normalized spacial score (nSPS) is 11.6. The van der Waals surface area contributed by atoms with Crippen LogP contribution in [-0.4, -0.2) is 20.2 Å². The Morgan fingerprint density at radius 1 is 0.970 bits per heavy atom. The molecule has 7 nitrogen and oxygen atoms in total. The summed E-state index contributed by atoms with van der Waals surface area (Å²) in [6.45, 7) is 0. The Bertz CT molecular complexity index is 1240. The number of hydrogen-bond donors (Lipinski definition) is 3. The molecular weight excluding hydrogens is 479 g/mol. The van der Waals surface area contributed by atoms with Crippen molar-refractivity contribution in [3.63, 3.8) is 0 Å². The van der Waals surface area contributed by atoms with Gasteiger partial charge in [0.25, 0.3) is 15.9 Å². The summed E-state index contributed by atoms with van der Waals surface area (Å²) in [5, 5.41) is 3.79. The van der Waals surface area contributed by atoms with Gasteiger partial charge in [-0.15, -0.1) is 0 Å². The molecule has 0 aliphatic rings. The largest absolute Gasteiger partial charge is 0.416 e. The fourth-order valence-electron chi connectivity index (χ4n) is 2.73. The van der Waals surface area contributed by atoms with Gasteiger partial charge in [-0.25, -0.2) is 8.42 Å². The Kier molecular flexibility index (Phi) is 7.39. The molecule has 3 rings (SSSR count). The van der Waals surface area contributed by atoms with E-state index in [1.54, 1.807) is 0 Å². The number of anilines is 1. The SMILES string of the molecule is O=C(CCc1ccsc1)NNC(=O)c1cccc(S(=O)(=O)Nc2cccc(C(F)(F)F)c2)c1. The van der Waals surface area contributed by atoms with Crippen LogP contribution in [0.4, 0.5) is 18.9 Å². The number of carbonyl (C=O) groups is 2. The van der Waals surface area contributed by atoms with Crippen LogP contribution in [0.1, 0.15) is 27.9 Å². The molecular formula is C21H18F3N3O4S2. The molecule has 3 aromatic rings. The molecule has 3 N–H and O–H groups in total. The quantitative estimate of drug-likeness (QED) is 0.430. The molecule has 0 saturated heterocycles. The Morgan fingerprint density at radius 2 is 1.73 bits per heavy atom. The van der Waals surface area contributed by atoms with Crippen molar-refractivity contribution in [2.45, 2.75) is 23.9 Å². The number of benzene rings is 2. The summed E-state index contributed by atoms with van der Waals surface area (Å²) in [6, 6.07) is 10.5. The fraction of sp³-hybridized carbons (Fsp3) is 0.143. The van der Waals surface area contributed by atoms with Crippen LogP contribution in [-0.2, 0) is 27.4 Å². The lowest BCUT2D eigenvalue weighted by atomic mass is 10.2. The van der Waals surface area contributed by atoms with Crippen molar-refractivity contribution in [2.24, 2.45) is 0 Å². The molecule has 0 aliphatic carbocycles. The lowest BCUT2D eigenvalue weighted by Gasteiger charge is -2.12. The highest BCUT2D eigenvalue weighted by Crippen LogP contribution is 2.31. The van der Waals surface area contributed by atoms with E-state index in [0.717, 1.165) is 23.8 Å². The lowest BCUT2D eigenvalue weighted by Crippen LogP contribution is -2.41. The van der Waals surface area contributed by atoms with Crippen LogP contribution in [0, 0.1) is 0 Å². The molecule has 0 aliphatic heterocycles. The van der Waals surface area contributed by atoms with Crippen LogP contribution in [0.25, 0.3) is 0 Å². The van der Waals surface area contributed by atoms with Crippen molar-refractivity contribution in [2.75, 3.05) is 4.72 Å². The van der Waals surface area contributed by atoms with E-state index in [2.05, 4.69) is 15.6 Å². The Labute approximate surface area is 191 Å². The Balaban J connectivity index is 1.64. The highest BCUT2D eigenvalue weighted by Gasteiger charge is 2.30. The molecule has 0 atom stereocenters. The van der Waals surface area contributed by atoms with Crippen LogP contribution in [0.3, 0.4) is 0 Å². The third-order valence-corrected chi connectivity index (χ3v) is 6.50.